The number of thiazole rings is 1. The largest absolute Gasteiger partial charge is 0.497 e. The predicted octanol–water partition coefficient (Wildman–Crippen LogP) is 6.57. The summed E-state index contributed by atoms with van der Waals surface area (Å²) in [6.45, 7) is 0.364. The molecule has 2 aromatic heterocycles. The van der Waals surface area contributed by atoms with Crippen LogP contribution in [-0.4, -0.2) is 38.2 Å². The lowest BCUT2D eigenvalue weighted by Crippen LogP contribution is -2.14. The number of benzene rings is 3. The van der Waals surface area contributed by atoms with Gasteiger partial charge in [0.2, 0.25) is 5.82 Å². The van der Waals surface area contributed by atoms with Crippen LogP contribution < -0.4 is 10.1 Å². The van der Waals surface area contributed by atoms with Gasteiger partial charge in [-0.1, -0.05) is 42.1 Å². The molecule has 0 spiro atoms. The molecule has 1 aliphatic rings. The molecule has 1 N–H and O–H groups in total. The summed E-state index contributed by atoms with van der Waals surface area (Å²) in [5, 5.41) is 17.9. The maximum absolute atomic E-state index is 15.2. The van der Waals surface area contributed by atoms with E-state index in [1.165, 1.54) is 47.5 Å². The fraction of sp³-hybridized carbons (Fsp3) is 0.194. The Kier molecular flexibility index (Phi) is 7.95. The highest BCUT2D eigenvalue weighted by Crippen LogP contribution is 2.36. The molecule has 0 atom stereocenters. The fourth-order valence-corrected chi connectivity index (χ4v) is 5.51. The van der Waals surface area contributed by atoms with Crippen LogP contribution in [0.2, 0.25) is 5.02 Å². The first-order valence-corrected chi connectivity index (χ1v) is 14.5. The Morgan fingerprint density at radius 3 is 2.74 bits per heavy atom. The van der Waals surface area contributed by atoms with Gasteiger partial charge in [0.1, 0.15) is 11.6 Å². The van der Waals surface area contributed by atoms with E-state index in [2.05, 4.69) is 42.9 Å². The van der Waals surface area contributed by atoms with Gasteiger partial charge in [0.15, 0.2) is 5.01 Å². The summed E-state index contributed by atoms with van der Waals surface area (Å²) in [6, 6.07) is 17.1. The van der Waals surface area contributed by atoms with Crippen molar-refractivity contribution >= 4 is 34.5 Å². The quantitative estimate of drug-likeness (QED) is 0.213. The van der Waals surface area contributed by atoms with E-state index in [1.807, 2.05) is 30.3 Å². The molecule has 2 heterocycles. The normalized spacial score (nSPS) is 12.7. The van der Waals surface area contributed by atoms with Gasteiger partial charge in [-0.3, -0.25) is 4.79 Å². The summed E-state index contributed by atoms with van der Waals surface area (Å²) < 4.78 is 20.4. The Labute approximate surface area is 250 Å². The zero-order chi connectivity index (χ0) is 29.1. The van der Waals surface area contributed by atoms with E-state index in [0.29, 0.717) is 29.3 Å². The van der Waals surface area contributed by atoms with Crippen molar-refractivity contribution in [3.8, 4) is 29.0 Å². The van der Waals surface area contributed by atoms with Crippen molar-refractivity contribution in [1.29, 1.82) is 0 Å². The van der Waals surface area contributed by atoms with E-state index in [4.69, 9.17) is 16.3 Å². The Balaban J connectivity index is 1.14. The molecular weight excluding hydrogens is 575 g/mol. The molecule has 1 fully saturated rings. The number of halogens is 2. The van der Waals surface area contributed by atoms with Gasteiger partial charge in [0.25, 0.3) is 5.91 Å². The summed E-state index contributed by atoms with van der Waals surface area (Å²) >= 11 is 7.91. The summed E-state index contributed by atoms with van der Waals surface area (Å²) in [5.41, 5.74) is 3.23. The van der Waals surface area contributed by atoms with Crippen molar-refractivity contribution in [2.75, 3.05) is 12.4 Å². The molecule has 0 unspecified atom stereocenters. The second kappa shape index (κ2) is 12.1. The van der Waals surface area contributed by atoms with Crippen molar-refractivity contribution in [3.05, 3.63) is 104 Å². The number of nitrogens with zero attached hydrogens (tertiary/aromatic N) is 5. The first kappa shape index (κ1) is 27.6. The minimum absolute atomic E-state index is 0.0732. The molecule has 0 saturated heterocycles. The van der Waals surface area contributed by atoms with Crippen LogP contribution in [0.3, 0.4) is 0 Å². The number of rotatable bonds is 7. The maximum Gasteiger partial charge on any atom is 0.260 e. The number of tetrazole rings is 1. The zero-order valence-corrected chi connectivity index (χ0v) is 24.0. The molecule has 1 amide bonds. The third-order valence-corrected chi connectivity index (χ3v) is 8.02. The van der Waals surface area contributed by atoms with Crippen LogP contribution in [0.1, 0.15) is 57.4 Å². The number of carbonyl (C=O) groups is 1. The van der Waals surface area contributed by atoms with Crippen LogP contribution in [0.25, 0.3) is 11.4 Å². The third kappa shape index (κ3) is 6.17. The van der Waals surface area contributed by atoms with Crippen molar-refractivity contribution in [2.24, 2.45) is 0 Å². The molecular formula is C31H24ClFN6O2S. The Morgan fingerprint density at radius 1 is 1.17 bits per heavy atom. The molecule has 11 heteroatoms. The molecule has 42 heavy (non-hydrogen) atoms. The van der Waals surface area contributed by atoms with Crippen LogP contribution >= 0.6 is 22.9 Å². The summed E-state index contributed by atoms with van der Waals surface area (Å²) in [7, 11) is 1.60. The van der Waals surface area contributed by atoms with E-state index >= 15 is 4.39 Å². The molecule has 1 aliphatic carbocycles. The zero-order valence-electron chi connectivity index (χ0n) is 22.5. The van der Waals surface area contributed by atoms with Crippen LogP contribution in [0.15, 0.2) is 66.0 Å². The highest BCUT2D eigenvalue weighted by Gasteiger charge is 2.22. The number of anilines is 1. The van der Waals surface area contributed by atoms with E-state index in [1.54, 1.807) is 25.3 Å². The Bertz CT molecular complexity index is 1800. The predicted molar refractivity (Wildman–Crippen MR) is 159 cm³/mol. The highest BCUT2D eigenvalue weighted by molar-refractivity contribution is 7.10. The number of amides is 1. The van der Waals surface area contributed by atoms with Gasteiger partial charge < -0.3 is 10.1 Å². The number of carbonyl (C=O) groups excluding carboxylic acids is 1. The number of hydrogen-bond acceptors (Lipinski definition) is 7. The lowest BCUT2D eigenvalue weighted by molar-refractivity contribution is 0.102. The maximum atomic E-state index is 15.2. The monoisotopic (exact) mass is 598 g/mol. The molecule has 5 aromatic rings. The van der Waals surface area contributed by atoms with Gasteiger partial charge in [-0.2, -0.15) is 4.80 Å². The first-order valence-electron chi connectivity index (χ1n) is 13.2. The lowest BCUT2D eigenvalue weighted by atomic mass is 9.83. The fourth-order valence-electron chi connectivity index (χ4n) is 4.47. The van der Waals surface area contributed by atoms with E-state index in [0.717, 1.165) is 22.0 Å². The molecule has 0 aliphatic heterocycles. The lowest BCUT2D eigenvalue weighted by Gasteiger charge is -2.22. The average molecular weight is 599 g/mol. The van der Waals surface area contributed by atoms with Gasteiger partial charge in [-0.15, -0.1) is 21.5 Å². The SMILES string of the molecule is COc1ccc(Cn2nnc(-c3cc(F)c(C(=O)Nc4cccc(C#Cc5nc(C6CCC6)cs5)c4)c(Cl)c3)n2)cc1. The third-order valence-electron chi connectivity index (χ3n) is 6.94. The Morgan fingerprint density at radius 2 is 2.00 bits per heavy atom. The van der Waals surface area contributed by atoms with Crippen LogP contribution in [0.5, 0.6) is 5.75 Å². The van der Waals surface area contributed by atoms with Crippen LogP contribution in [-0.2, 0) is 6.54 Å². The second-order valence-electron chi connectivity index (χ2n) is 9.80. The number of nitrogens with one attached hydrogen (secondary N) is 1. The average Bonchev–Trinajstić information content (AvgIpc) is 3.61. The molecule has 3 aromatic carbocycles. The second-order valence-corrected chi connectivity index (χ2v) is 11.1. The minimum Gasteiger partial charge on any atom is -0.497 e. The van der Waals surface area contributed by atoms with E-state index in [-0.39, 0.29) is 16.4 Å². The van der Waals surface area contributed by atoms with Crippen molar-refractivity contribution in [1.82, 2.24) is 25.2 Å². The van der Waals surface area contributed by atoms with Crippen LogP contribution in [0, 0.1) is 17.7 Å². The van der Waals surface area contributed by atoms with Gasteiger partial charge >= 0.3 is 0 Å². The molecule has 8 nitrogen and oxygen atoms in total. The number of methoxy groups -OCH3 is 1. The highest BCUT2D eigenvalue weighted by atomic mass is 35.5. The van der Waals surface area contributed by atoms with E-state index in [9.17, 15) is 4.79 Å². The molecule has 0 bridgehead atoms. The first-order chi connectivity index (χ1) is 20.4. The van der Waals surface area contributed by atoms with Gasteiger partial charge in [0, 0.05) is 28.1 Å². The van der Waals surface area contributed by atoms with Crippen molar-refractivity contribution in [3.63, 3.8) is 0 Å². The van der Waals surface area contributed by atoms with Crippen molar-refractivity contribution < 1.29 is 13.9 Å². The Hall–Kier alpha value is -4.59. The van der Waals surface area contributed by atoms with Gasteiger partial charge in [0.05, 0.1) is 29.9 Å². The van der Waals surface area contributed by atoms with E-state index < -0.39 is 11.7 Å². The summed E-state index contributed by atoms with van der Waals surface area (Å²) in [5.74, 6) is 6.19. The van der Waals surface area contributed by atoms with Crippen molar-refractivity contribution in [2.45, 2.75) is 31.7 Å². The standard InChI is InChI=1S/C31H24ClFN6O2S/c1-41-24-11-8-20(9-12-24)17-39-37-30(36-38-39)22-15-25(32)29(26(33)16-22)31(40)34-23-7-2-4-19(14-23)10-13-28-35-27(18-42-28)21-5-3-6-21/h2,4,7-9,11-12,14-16,18,21H,3,5-6,17H2,1H3,(H,34,40). The topological polar surface area (TPSA) is 94.8 Å². The number of aromatic nitrogens is 5. The summed E-state index contributed by atoms with van der Waals surface area (Å²) in [6.07, 6.45) is 3.64. The van der Waals surface area contributed by atoms with Crippen LogP contribution in [0.4, 0.5) is 10.1 Å². The van der Waals surface area contributed by atoms with Gasteiger partial charge in [-0.25, -0.2) is 9.37 Å². The smallest absolute Gasteiger partial charge is 0.260 e. The molecule has 6 rings (SSSR count). The summed E-state index contributed by atoms with van der Waals surface area (Å²) in [4.78, 5) is 19.0. The van der Waals surface area contributed by atoms with Gasteiger partial charge in [-0.05, 0) is 72.0 Å². The number of ether oxygens (including phenoxy) is 1. The molecule has 0 radical (unpaired) electrons. The molecule has 210 valence electrons. The molecule has 1 saturated carbocycles. The minimum atomic E-state index is -0.802. The number of hydrogen-bond donors (Lipinski definition) is 1.